The fourth-order valence-corrected chi connectivity index (χ4v) is 3.42. The summed E-state index contributed by atoms with van der Waals surface area (Å²) in [5.41, 5.74) is 0.795. The van der Waals surface area contributed by atoms with Crippen LogP contribution in [0.1, 0.15) is 49.7 Å². The first-order valence-electron chi connectivity index (χ1n) is 9.44. The number of para-hydroxylation sites is 1. The molecule has 2 aromatic rings. The van der Waals surface area contributed by atoms with Gasteiger partial charge in [0.05, 0.1) is 6.54 Å². The smallest absolute Gasteiger partial charge is 0.319 e. The van der Waals surface area contributed by atoms with E-state index in [-0.39, 0.29) is 6.03 Å². The summed E-state index contributed by atoms with van der Waals surface area (Å²) in [5.74, 6) is 2.05. The van der Waals surface area contributed by atoms with Gasteiger partial charge in [0.2, 0.25) is 5.89 Å². The average Bonchev–Trinajstić information content (AvgIpc) is 3.41. The zero-order chi connectivity index (χ0) is 17.8. The molecule has 7 heteroatoms. The van der Waals surface area contributed by atoms with Crippen molar-refractivity contribution in [2.75, 3.05) is 18.4 Å². The third-order valence-electron chi connectivity index (χ3n) is 5.04. The molecule has 7 nitrogen and oxygen atoms in total. The van der Waals surface area contributed by atoms with E-state index in [4.69, 9.17) is 4.52 Å². The van der Waals surface area contributed by atoms with E-state index in [9.17, 15) is 4.79 Å². The average molecular weight is 355 g/mol. The molecule has 0 bridgehead atoms. The van der Waals surface area contributed by atoms with Gasteiger partial charge in [0, 0.05) is 24.2 Å². The second-order valence-electron chi connectivity index (χ2n) is 7.14. The Labute approximate surface area is 153 Å². The Kier molecular flexibility index (Phi) is 5.15. The number of hydrogen-bond donors (Lipinski definition) is 2. The van der Waals surface area contributed by atoms with E-state index in [2.05, 4.69) is 25.7 Å². The van der Waals surface area contributed by atoms with Gasteiger partial charge < -0.3 is 15.2 Å². The van der Waals surface area contributed by atoms with E-state index < -0.39 is 0 Å². The van der Waals surface area contributed by atoms with Crippen molar-refractivity contribution in [3.63, 3.8) is 0 Å². The van der Waals surface area contributed by atoms with Crippen molar-refractivity contribution in [3.05, 3.63) is 42.0 Å². The lowest BCUT2D eigenvalue weighted by molar-refractivity contribution is 0.123. The van der Waals surface area contributed by atoms with Crippen LogP contribution in [0.25, 0.3) is 0 Å². The third kappa shape index (κ3) is 4.40. The first-order valence-corrected chi connectivity index (χ1v) is 9.44. The third-order valence-corrected chi connectivity index (χ3v) is 5.04. The van der Waals surface area contributed by atoms with Crippen molar-refractivity contribution in [2.45, 2.75) is 50.6 Å². The van der Waals surface area contributed by atoms with Crippen LogP contribution in [-0.4, -0.2) is 40.2 Å². The highest BCUT2D eigenvalue weighted by atomic mass is 16.5. The molecule has 1 aromatic carbocycles. The SMILES string of the molecule is O=C(NC[C@H]1CCCCN1Cc1nc(C2CC2)no1)Nc1ccccc1. The van der Waals surface area contributed by atoms with E-state index in [0.29, 0.717) is 30.9 Å². The summed E-state index contributed by atoms with van der Waals surface area (Å²) in [7, 11) is 0. The van der Waals surface area contributed by atoms with Gasteiger partial charge in [-0.3, -0.25) is 4.90 Å². The van der Waals surface area contributed by atoms with E-state index in [1.807, 2.05) is 30.3 Å². The molecule has 138 valence electrons. The van der Waals surface area contributed by atoms with Crippen molar-refractivity contribution in [1.82, 2.24) is 20.4 Å². The first kappa shape index (κ1) is 17.0. The van der Waals surface area contributed by atoms with Gasteiger partial charge in [-0.2, -0.15) is 4.98 Å². The molecule has 1 saturated carbocycles. The molecule has 2 fully saturated rings. The Hall–Kier alpha value is -2.41. The van der Waals surface area contributed by atoms with Crippen LogP contribution in [0.3, 0.4) is 0 Å². The van der Waals surface area contributed by atoms with E-state index >= 15 is 0 Å². The molecular weight excluding hydrogens is 330 g/mol. The Morgan fingerprint density at radius 2 is 2.04 bits per heavy atom. The molecule has 0 spiro atoms. The lowest BCUT2D eigenvalue weighted by Gasteiger charge is -2.34. The minimum atomic E-state index is -0.171. The summed E-state index contributed by atoms with van der Waals surface area (Å²) in [5, 5.41) is 9.95. The van der Waals surface area contributed by atoms with Crippen LogP contribution in [0.15, 0.2) is 34.9 Å². The number of rotatable bonds is 6. The molecule has 2 heterocycles. The normalized spacial score (nSPS) is 20.7. The van der Waals surface area contributed by atoms with Crippen LogP contribution < -0.4 is 10.6 Å². The highest BCUT2D eigenvalue weighted by Gasteiger charge is 2.30. The van der Waals surface area contributed by atoms with Gasteiger partial charge in [-0.25, -0.2) is 4.79 Å². The number of piperidine rings is 1. The standard InChI is InChI=1S/C19H25N5O2/c25-19(21-15-6-2-1-3-7-15)20-12-16-8-4-5-11-24(16)13-17-22-18(23-26-17)14-9-10-14/h1-3,6-7,14,16H,4-5,8-13H2,(H2,20,21,25)/t16-/m1/s1. The highest BCUT2D eigenvalue weighted by Crippen LogP contribution is 2.38. The molecule has 2 N–H and O–H groups in total. The predicted molar refractivity (Wildman–Crippen MR) is 97.8 cm³/mol. The van der Waals surface area contributed by atoms with Crippen LogP contribution in [-0.2, 0) is 6.54 Å². The predicted octanol–water partition coefficient (Wildman–Crippen LogP) is 3.12. The van der Waals surface area contributed by atoms with Crippen molar-refractivity contribution in [3.8, 4) is 0 Å². The van der Waals surface area contributed by atoms with Crippen LogP contribution >= 0.6 is 0 Å². The maximum absolute atomic E-state index is 12.1. The molecule has 4 rings (SSSR count). The quantitative estimate of drug-likeness (QED) is 0.832. The van der Waals surface area contributed by atoms with Crippen molar-refractivity contribution >= 4 is 11.7 Å². The van der Waals surface area contributed by atoms with Crippen LogP contribution in [0.4, 0.5) is 10.5 Å². The number of urea groups is 1. The summed E-state index contributed by atoms with van der Waals surface area (Å²) < 4.78 is 5.42. The van der Waals surface area contributed by atoms with Gasteiger partial charge in [-0.05, 0) is 44.4 Å². The Bertz CT molecular complexity index is 729. The van der Waals surface area contributed by atoms with Crippen molar-refractivity contribution < 1.29 is 9.32 Å². The first-order chi connectivity index (χ1) is 12.8. The number of benzene rings is 1. The minimum absolute atomic E-state index is 0.171. The molecule has 1 aliphatic carbocycles. The van der Waals surface area contributed by atoms with Gasteiger partial charge in [-0.15, -0.1) is 0 Å². The summed E-state index contributed by atoms with van der Waals surface area (Å²) in [6, 6.07) is 9.60. The number of aromatic nitrogens is 2. The second-order valence-corrected chi connectivity index (χ2v) is 7.14. The number of anilines is 1. The number of carbonyl (C=O) groups excluding carboxylic acids is 1. The van der Waals surface area contributed by atoms with E-state index in [1.54, 1.807) is 0 Å². The van der Waals surface area contributed by atoms with Gasteiger partial charge >= 0.3 is 6.03 Å². The molecule has 1 aliphatic heterocycles. The van der Waals surface area contributed by atoms with Gasteiger partial charge in [0.1, 0.15) is 0 Å². The fraction of sp³-hybridized carbons (Fsp3) is 0.526. The number of carbonyl (C=O) groups is 1. The Morgan fingerprint density at radius 3 is 2.85 bits per heavy atom. The number of hydrogen-bond acceptors (Lipinski definition) is 5. The molecule has 1 saturated heterocycles. The van der Waals surface area contributed by atoms with Crippen LogP contribution in [0.2, 0.25) is 0 Å². The molecule has 2 amide bonds. The zero-order valence-electron chi connectivity index (χ0n) is 14.9. The van der Waals surface area contributed by atoms with E-state index in [0.717, 1.165) is 30.9 Å². The van der Waals surface area contributed by atoms with Gasteiger partial charge in [0.15, 0.2) is 5.82 Å². The molecule has 2 aliphatic rings. The highest BCUT2D eigenvalue weighted by molar-refractivity contribution is 5.89. The van der Waals surface area contributed by atoms with Crippen molar-refractivity contribution in [1.29, 1.82) is 0 Å². The lowest BCUT2D eigenvalue weighted by Crippen LogP contribution is -2.47. The van der Waals surface area contributed by atoms with E-state index in [1.165, 1.54) is 19.3 Å². The van der Waals surface area contributed by atoms with Crippen LogP contribution in [0.5, 0.6) is 0 Å². The Balaban J connectivity index is 1.29. The topological polar surface area (TPSA) is 83.3 Å². The summed E-state index contributed by atoms with van der Waals surface area (Å²) >= 11 is 0. The molecule has 0 unspecified atom stereocenters. The molecule has 26 heavy (non-hydrogen) atoms. The largest absolute Gasteiger partial charge is 0.338 e. The molecule has 1 atom stereocenters. The number of nitrogens with zero attached hydrogens (tertiary/aromatic N) is 3. The van der Waals surface area contributed by atoms with Gasteiger partial charge in [-0.1, -0.05) is 29.8 Å². The number of likely N-dealkylation sites (tertiary alicyclic amines) is 1. The lowest BCUT2D eigenvalue weighted by atomic mass is 10.0. The maximum Gasteiger partial charge on any atom is 0.319 e. The van der Waals surface area contributed by atoms with Gasteiger partial charge in [0.25, 0.3) is 0 Å². The summed E-state index contributed by atoms with van der Waals surface area (Å²) in [6.07, 6.45) is 5.75. The second kappa shape index (κ2) is 7.86. The van der Waals surface area contributed by atoms with Crippen LogP contribution in [0, 0.1) is 0 Å². The summed E-state index contributed by atoms with van der Waals surface area (Å²) in [4.78, 5) is 19.0. The monoisotopic (exact) mass is 355 g/mol. The number of nitrogens with one attached hydrogen (secondary N) is 2. The zero-order valence-corrected chi connectivity index (χ0v) is 14.9. The Morgan fingerprint density at radius 1 is 1.19 bits per heavy atom. The number of amides is 2. The maximum atomic E-state index is 12.1. The fourth-order valence-electron chi connectivity index (χ4n) is 3.42. The molecule has 0 radical (unpaired) electrons. The van der Waals surface area contributed by atoms with Crippen molar-refractivity contribution in [2.24, 2.45) is 0 Å². The molecular formula is C19H25N5O2. The molecule has 1 aromatic heterocycles. The summed E-state index contributed by atoms with van der Waals surface area (Å²) in [6.45, 7) is 2.27. The minimum Gasteiger partial charge on any atom is -0.338 e.